The van der Waals surface area contributed by atoms with E-state index in [1.807, 2.05) is 19.1 Å². The van der Waals surface area contributed by atoms with Crippen molar-refractivity contribution in [2.75, 3.05) is 0 Å². The van der Waals surface area contributed by atoms with Crippen LogP contribution in [0.4, 0.5) is 0 Å². The molecule has 0 bridgehead atoms. The molecule has 14 heavy (non-hydrogen) atoms. The Hall–Kier alpha value is -1.63. The van der Waals surface area contributed by atoms with Crippen molar-refractivity contribution in [2.45, 2.75) is 13.3 Å². The molecule has 0 unspecified atom stereocenters. The van der Waals surface area contributed by atoms with Crippen LogP contribution in [0.15, 0.2) is 36.9 Å². The monoisotopic (exact) mass is 185 g/mol. The van der Waals surface area contributed by atoms with Crippen LogP contribution in [0.2, 0.25) is 0 Å². The van der Waals surface area contributed by atoms with Gasteiger partial charge in [0, 0.05) is 11.6 Å². The van der Waals surface area contributed by atoms with Crippen LogP contribution in [-0.2, 0) is 0 Å². The van der Waals surface area contributed by atoms with Gasteiger partial charge in [-0.15, -0.1) is 0 Å². The summed E-state index contributed by atoms with van der Waals surface area (Å²) in [7, 11) is 0. The number of benzene rings is 1. The molecular formula is C13H13O. The van der Waals surface area contributed by atoms with Gasteiger partial charge in [0.15, 0.2) is 5.78 Å². The number of rotatable bonds is 4. The molecule has 1 aromatic rings. The van der Waals surface area contributed by atoms with E-state index in [-0.39, 0.29) is 5.78 Å². The van der Waals surface area contributed by atoms with Crippen molar-refractivity contribution < 1.29 is 4.79 Å². The number of carbonyl (C=O) groups excluding carboxylic acids is 1. The number of ketones is 1. The first-order valence-corrected chi connectivity index (χ1v) is 4.63. The smallest absolute Gasteiger partial charge is 0.193 e. The molecule has 0 heterocycles. The first kappa shape index (κ1) is 10.5. The maximum absolute atomic E-state index is 11.4. The van der Waals surface area contributed by atoms with Gasteiger partial charge in [0.25, 0.3) is 0 Å². The Morgan fingerprint density at radius 1 is 1.43 bits per heavy atom. The van der Waals surface area contributed by atoms with Gasteiger partial charge in [0.05, 0.1) is 0 Å². The van der Waals surface area contributed by atoms with Crippen molar-refractivity contribution in [2.24, 2.45) is 0 Å². The summed E-state index contributed by atoms with van der Waals surface area (Å²) in [6.07, 6.45) is 7.02. The van der Waals surface area contributed by atoms with E-state index < -0.39 is 0 Å². The molecule has 0 aliphatic carbocycles. The largest absolute Gasteiger partial charge is 0.289 e. The summed E-state index contributed by atoms with van der Waals surface area (Å²) in [6, 6.07) is 7.31. The molecule has 1 aromatic carbocycles. The summed E-state index contributed by atoms with van der Waals surface area (Å²) in [5.74, 6) is -0.0672. The fourth-order valence-corrected chi connectivity index (χ4v) is 1.05. The summed E-state index contributed by atoms with van der Waals surface area (Å²) in [5.41, 5.74) is 1.68. The predicted octanol–water partition coefficient (Wildman–Crippen LogP) is 3.28. The summed E-state index contributed by atoms with van der Waals surface area (Å²) >= 11 is 0. The maximum atomic E-state index is 11.4. The van der Waals surface area contributed by atoms with E-state index in [9.17, 15) is 4.79 Å². The second-order valence-corrected chi connectivity index (χ2v) is 2.91. The second-order valence-electron chi connectivity index (χ2n) is 2.91. The zero-order valence-corrected chi connectivity index (χ0v) is 8.29. The molecule has 1 rings (SSSR count). The van der Waals surface area contributed by atoms with Gasteiger partial charge in [0.2, 0.25) is 0 Å². The van der Waals surface area contributed by atoms with Gasteiger partial charge in [-0.1, -0.05) is 49.9 Å². The Morgan fingerprint density at radius 2 is 2.07 bits per heavy atom. The molecule has 0 spiro atoms. The summed E-state index contributed by atoms with van der Waals surface area (Å²) < 4.78 is 0. The quantitative estimate of drug-likeness (QED) is 0.519. The molecule has 0 N–H and O–H groups in total. The minimum atomic E-state index is -0.0672. The van der Waals surface area contributed by atoms with E-state index in [2.05, 4.69) is 12.7 Å². The Kier molecular flexibility index (Phi) is 3.86. The second kappa shape index (κ2) is 5.18. The highest BCUT2D eigenvalue weighted by Gasteiger charge is 2.00. The average Bonchev–Trinajstić information content (AvgIpc) is 2.26. The number of hydrogen-bond acceptors (Lipinski definition) is 1. The number of carbonyl (C=O) groups is 1. The van der Waals surface area contributed by atoms with Crippen molar-refractivity contribution in [3.8, 4) is 0 Å². The third-order valence-corrected chi connectivity index (χ3v) is 1.85. The first-order chi connectivity index (χ1) is 6.77. The lowest BCUT2D eigenvalue weighted by atomic mass is 10.1. The van der Waals surface area contributed by atoms with Crippen LogP contribution < -0.4 is 0 Å². The Balaban J connectivity index is 2.81. The van der Waals surface area contributed by atoms with Gasteiger partial charge in [-0.05, 0) is 12.0 Å². The lowest BCUT2D eigenvalue weighted by Gasteiger charge is -1.96. The number of Topliss-reactive ketones (excluding diaryl/α,β-unsaturated/α-hetero) is 1. The molecule has 1 heteroatoms. The number of hydrogen-bond donors (Lipinski definition) is 0. The van der Waals surface area contributed by atoms with E-state index in [1.165, 1.54) is 0 Å². The highest BCUT2D eigenvalue weighted by molar-refractivity contribution is 6.01. The molecule has 0 amide bonds. The van der Waals surface area contributed by atoms with E-state index in [4.69, 9.17) is 0 Å². The lowest BCUT2D eigenvalue weighted by Crippen LogP contribution is -1.94. The van der Waals surface area contributed by atoms with Crippen molar-refractivity contribution in [3.05, 3.63) is 54.1 Å². The average molecular weight is 185 g/mol. The molecule has 0 saturated heterocycles. The van der Waals surface area contributed by atoms with E-state index >= 15 is 0 Å². The minimum absolute atomic E-state index is 0.0672. The molecular weight excluding hydrogens is 172 g/mol. The topological polar surface area (TPSA) is 17.1 Å². The van der Waals surface area contributed by atoms with E-state index in [0.29, 0.717) is 5.56 Å². The maximum Gasteiger partial charge on any atom is 0.193 e. The SMILES string of the molecule is C=Cc1ccc(C(=O)/[C]=C\CC)cc1. The summed E-state index contributed by atoms with van der Waals surface area (Å²) in [5, 5.41) is 0. The zero-order chi connectivity index (χ0) is 10.4. The molecule has 1 nitrogen and oxygen atoms in total. The molecule has 0 fully saturated rings. The molecule has 0 saturated carbocycles. The summed E-state index contributed by atoms with van der Waals surface area (Å²) in [4.78, 5) is 11.4. The third kappa shape index (κ3) is 2.70. The molecule has 0 aliphatic heterocycles. The third-order valence-electron chi connectivity index (χ3n) is 1.85. The van der Waals surface area contributed by atoms with Gasteiger partial charge < -0.3 is 0 Å². The van der Waals surface area contributed by atoms with Crippen molar-refractivity contribution >= 4 is 11.9 Å². The van der Waals surface area contributed by atoms with Crippen LogP contribution in [0.3, 0.4) is 0 Å². The standard InChI is InChI=1S/C13H13O/c1-3-5-6-13(14)12-9-7-11(4-2)8-10-12/h4-5,7-10H,2-3H2,1H3. The Bertz CT molecular complexity index is 344. The highest BCUT2D eigenvalue weighted by atomic mass is 16.1. The molecule has 0 atom stereocenters. The highest BCUT2D eigenvalue weighted by Crippen LogP contribution is 2.06. The van der Waals surface area contributed by atoms with Gasteiger partial charge in [-0.25, -0.2) is 0 Å². The normalized spacial score (nSPS) is 10.4. The lowest BCUT2D eigenvalue weighted by molar-refractivity contribution is 0.103. The van der Waals surface area contributed by atoms with Crippen LogP contribution in [0.5, 0.6) is 0 Å². The summed E-state index contributed by atoms with van der Waals surface area (Å²) in [6.45, 7) is 5.62. The van der Waals surface area contributed by atoms with Crippen LogP contribution in [0.1, 0.15) is 29.3 Å². The van der Waals surface area contributed by atoms with Crippen molar-refractivity contribution in [1.29, 1.82) is 0 Å². The fraction of sp³-hybridized carbons (Fsp3) is 0.154. The van der Waals surface area contributed by atoms with Crippen LogP contribution in [0.25, 0.3) is 6.08 Å². The molecule has 0 aliphatic rings. The fourth-order valence-electron chi connectivity index (χ4n) is 1.05. The van der Waals surface area contributed by atoms with Gasteiger partial charge in [-0.2, -0.15) is 0 Å². The van der Waals surface area contributed by atoms with E-state index in [1.54, 1.807) is 24.3 Å². The number of allylic oxidation sites excluding steroid dienone is 2. The van der Waals surface area contributed by atoms with Gasteiger partial charge in [0.1, 0.15) is 0 Å². The molecule has 0 aromatic heterocycles. The molecule has 71 valence electrons. The van der Waals surface area contributed by atoms with Gasteiger partial charge >= 0.3 is 0 Å². The predicted molar refractivity (Wildman–Crippen MR) is 59.0 cm³/mol. The van der Waals surface area contributed by atoms with Gasteiger partial charge in [-0.3, -0.25) is 4.79 Å². The molecule has 1 radical (unpaired) electrons. The zero-order valence-electron chi connectivity index (χ0n) is 8.29. The van der Waals surface area contributed by atoms with Crippen LogP contribution in [0, 0.1) is 6.08 Å². The van der Waals surface area contributed by atoms with E-state index in [0.717, 1.165) is 12.0 Å². The Labute approximate surface area is 84.8 Å². The Morgan fingerprint density at radius 3 is 2.57 bits per heavy atom. The van der Waals surface area contributed by atoms with Crippen molar-refractivity contribution in [1.82, 2.24) is 0 Å². The minimum Gasteiger partial charge on any atom is -0.289 e. The van der Waals surface area contributed by atoms with Crippen LogP contribution >= 0.6 is 0 Å². The first-order valence-electron chi connectivity index (χ1n) is 4.63. The van der Waals surface area contributed by atoms with Crippen LogP contribution in [-0.4, -0.2) is 5.78 Å². The van der Waals surface area contributed by atoms with Crippen molar-refractivity contribution in [3.63, 3.8) is 0 Å².